The summed E-state index contributed by atoms with van der Waals surface area (Å²) in [6.07, 6.45) is 5.29. The Morgan fingerprint density at radius 2 is 2.04 bits per heavy atom. The van der Waals surface area contributed by atoms with E-state index in [9.17, 15) is 4.79 Å². The molecule has 0 bridgehead atoms. The molecule has 0 aromatic heterocycles. The van der Waals surface area contributed by atoms with Gasteiger partial charge >= 0.3 is 0 Å². The molecular formula is C22H28N2O. The average molecular weight is 336 g/mol. The van der Waals surface area contributed by atoms with Crippen molar-refractivity contribution in [2.45, 2.75) is 45.6 Å². The first-order valence-corrected chi connectivity index (χ1v) is 9.37. The number of nitrogens with one attached hydrogen (secondary N) is 1. The molecule has 0 fully saturated rings. The van der Waals surface area contributed by atoms with E-state index in [-0.39, 0.29) is 12.0 Å². The fraction of sp³-hybridized carbons (Fsp3) is 0.409. The van der Waals surface area contributed by atoms with E-state index in [0.29, 0.717) is 0 Å². The first kappa shape index (κ1) is 17.7. The standard InChI is InChI=1S/C22H28N2O/c1-3-4-14-23-24(20-10-7-8-17(2)15-20)22-19(16-25)13-12-18-9-5-6-11-21(18)22/h5-11,15-16,19,22-23H,3-4,12-14H2,1-2H3. The summed E-state index contributed by atoms with van der Waals surface area (Å²) in [7, 11) is 0. The number of hydrogen-bond donors (Lipinski definition) is 1. The number of unbranched alkanes of at least 4 members (excludes halogenated alkanes) is 1. The Bertz CT molecular complexity index is 713. The SMILES string of the molecule is CCCCNN(c1cccc(C)c1)C1c2ccccc2CCC1C=O. The zero-order valence-corrected chi connectivity index (χ0v) is 15.2. The zero-order valence-electron chi connectivity index (χ0n) is 15.2. The van der Waals surface area contributed by atoms with E-state index < -0.39 is 0 Å². The Labute approximate surface area is 151 Å². The highest BCUT2D eigenvalue weighted by atomic mass is 16.1. The second-order valence-electron chi connectivity index (χ2n) is 6.95. The number of rotatable bonds is 7. The molecule has 0 amide bonds. The van der Waals surface area contributed by atoms with Crippen LogP contribution in [0, 0.1) is 12.8 Å². The molecule has 3 nitrogen and oxygen atoms in total. The number of fused-ring (bicyclic) bond motifs is 1. The van der Waals surface area contributed by atoms with Crippen LogP contribution in [0.2, 0.25) is 0 Å². The summed E-state index contributed by atoms with van der Waals surface area (Å²) in [5, 5.41) is 2.24. The van der Waals surface area contributed by atoms with Gasteiger partial charge in [0.25, 0.3) is 0 Å². The summed E-state index contributed by atoms with van der Waals surface area (Å²) in [5.74, 6) is 0.00420. The zero-order chi connectivity index (χ0) is 17.6. The lowest BCUT2D eigenvalue weighted by molar-refractivity contribution is -0.112. The normalized spacial score (nSPS) is 19.3. The van der Waals surface area contributed by atoms with Crippen molar-refractivity contribution >= 4 is 12.0 Å². The van der Waals surface area contributed by atoms with E-state index in [1.807, 2.05) is 0 Å². The van der Waals surface area contributed by atoms with Gasteiger partial charge in [0.2, 0.25) is 0 Å². The molecule has 1 aliphatic carbocycles. The minimum atomic E-state index is 0.00420. The van der Waals surface area contributed by atoms with Gasteiger partial charge in [-0.2, -0.15) is 0 Å². The third kappa shape index (κ3) is 3.93. The van der Waals surface area contributed by atoms with Crippen molar-refractivity contribution in [1.82, 2.24) is 5.43 Å². The maximum absolute atomic E-state index is 11.9. The lowest BCUT2D eigenvalue weighted by atomic mass is 9.80. The van der Waals surface area contributed by atoms with Crippen molar-refractivity contribution in [3.63, 3.8) is 0 Å². The van der Waals surface area contributed by atoms with Crippen LogP contribution in [0.1, 0.15) is 48.9 Å². The second kappa shape index (κ2) is 8.30. The van der Waals surface area contributed by atoms with E-state index >= 15 is 0 Å². The first-order chi connectivity index (χ1) is 12.2. The molecule has 2 aromatic rings. The average Bonchev–Trinajstić information content (AvgIpc) is 2.65. The number of benzene rings is 2. The topological polar surface area (TPSA) is 32.3 Å². The molecule has 0 saturated heterocycles. The Hall–Kier alpha value is -2.13. The molecule has 1 N–H and O–H groups in total. The lowest BCUT2D eigenvalue weighted by Gasteiger charge is -2.41. The molecule has 0 aliphatic heterocycles. The number of hydrogen-bond acceptors (Lipinski definition) is 3. The molecule has 0 saturated carbocycles. The predicted octanol–water partition coefficient (Wildman–Crippen LogP) is 4.61. The van der Waals surface area contributed by atoms with E-state index in [0.717, 1.165) is 44.2 Å². The van der Waals surface area contributed by atoms with Crippen LogP contribution in [0.4, 0.5) is 5.69 Å². The lowest BCUT2D eigenvalue weighted by Crippen LogP contribution is -2.46. The molecule has 132 valence electrons. The maximum atomic E-state index is 11.9. The van der Waals surface area contributed by atoms with Crippen LogP contribution in [0.25, 0.3) is 0 Å². The highest BCUT2D eigenvalue weighted by Crippen LogP contribution is 2.39. The van der Waals surface area contributed by atoms with Crippen LogP contribution in [-0.2, 0) is 11.2 Å². The third-order valence-corrected chi connectivity index (χ3v) is 5.07. The van der Waals surface area contributed by atoms with Crippen LogP contribution < -0.4 is 10.4 Å². The summed E-state index contributed by atoms with van der Waals surface area (Å²) in [6, 6.07) is 17.1. The molecule has 1 aliphatic rings. The number of anilines is 1. The number of nitrogens with zero attached hydrogens (tertiary/aromatic N) is 1. The smallest absolute Gasteiger partial charge is 0.125 e. The van der Waals surface area contributed by atoms with Gasteiger partial charge in [-0.1, -0.05) is 49.7 Å². The summed E-state index contributed by atoms with van der Waals surface area (Å²) in [4.78, 5) is 11.9. The van der Waals surface area contributed by atoms with Gasteiger partial charge in [0.05, 0.1) is 11.7 Å². The fourth-order valence-corrected chi connectivity index (χ4v) is 3.74. The molecule has 2 aromatic carbocycles. The first-order valence-electron chi connectivity index (χ1n) is 9.37. The summed E-state index contributed by atoms with van der Waals surface area (Å²) >= 11 is 0. The maximum Gasteiger partial charge on any atom is 0.125 e. The van der Waals surface area contributed by atoms with Crippen molar-refractivity contribution in [2.24, 2.45) is 5.92 Å². The minimum absolute atomic E-state index is 0.00420. The number of hydrazine groups is 1. The highest BCUT2D eigenvalue weighted by Gasteiger charge is 2.34. The van der Waals surface area contributed by atoms with Gasteiger partial charge < -0.3 is 9.80 Å². The number of aryl methyl sites for hydroxylation is 2. The Morgan fingerprint density at radius 3 is 2.80 bits per heavy atom. The van der Waals surface area contributed by atoms with E-state index in [4.69, 9.17) is 0 Å². The van der Waals surface area contributed by atoms with Gasteiger partial charge in [0.1, 0.15) is 6.29 Å². The van der Waals surface area contributed by atoms with Gasteiger partial charge in [-0.3, -0.25) is 0 Å². The molecule has 2 atom stereocenters. The molecule has 3 rings (SSSR count). The Balaban J connectivity index is 2.02. The van der Waals surface area contributed by atoms with Crippen molar-refractivity contribution in [2.75, 3.05) is 11.6 Å². The monoisotopic (exact) mass is 336 g/mol. The van der Waals surface area contributed by atoms with Crippen LogP contribution in [0.5, 0.6) is 0 Å². The third-order valence-electron chi connectivity index (χ3n) is 5.07. The number of carbonyl (C=O) groups excluding carboxylic acids is 1. The van der Waals surface area contributed by atoms with Crippen molar-refractivity contribution < 1.29 is 4.79 Å². The number of aldehydes is 1. The fourth-order valence-electron chi connectivity index (χ4n) is 3.74. The van der Waals surface area contributed by atoms with Gasteiger partial charge in [-0.15, -0.1) is 0 Å². The van der Waals surface area contributed by atoms with Crippen molar-refractivity contribution in [3.8, 4) is 0 Å². The minimum Gasteiger partial charge on any atom is -0.303 e. The van der Waals surface area contributed by atoms with Crippen molar-refractivity contribution in [1.29, 1.82) is 0 Å². The molecule has 0 radical (unpaired) electrons. The number of carbonyl (C=O) groups is 1. The molecular weight excluding hydrogens is 308 g/mol. The van der Waals surface area contributed by atoms with Crippen LogP contribution in [0.15, 0.2) is 48.5 Å². The predicted molar refractivity (Wildman–Crippen MR) is 104 cm³/mol. The van der Waals surface area contributed by atoms with Crippen LogP contribution in [-0.4, -0.2) is 12.8 Å². The highest BCUT2D eigenvalue weighted by molar-refractivity contribution is 5.61. The largest absolute Gasteiger partial charge is 0.303 e. The quantitative estimate of drug-likeness (QED) is 0.455. The van der Waals surface area contributed by atoms with Gasteiger partial charge in [0, 0.05) is 12.5 Å². The van der Waals surface area contributed by atoms with Crippen LogP contribution in [0.3, 0.4) is 0 Å². The summed E-state index contributed by atoms with van der Waals surface area (Å²) in [6.45, 7) is 5.22. The molecule has 25 heavy (non-hydrogen) atoms. The van der Waals surface area contributed by atoms with E-state index in [2.05, 4.69) is 72.8 Å². The molecule has 2 unspecified atom stereocenters. The summed E-state index contributed by atoms with van der Waals surface area (Å²) in [5.41, 5.74) is 8.61. The van der Waals surface area contributed by atoms with E-state index in [1.54, 1.807) is 0 Å². The Morgan fingerprint density at radius 1 is 1.20 bits per heavy atom. The van der Waals surface area contributed by atoms with Gasteiger partial charge in [0.15, 0.2) is 0 Å². The van der Waals surface area contributed by atoms with E-state index in [1.165, 1.54) is 16.7 Å². The second-order valence-corrected chi connectivity index (χ2v) is 6.95. The molecule has 3 heteroatoms. The molecule has 0 heterocycles. The summed E-state index contributed by atoms with van der Waals surface area (Å²) < 4.78 is 0. The van der Waals surface area contributed by atoms with Crippen molar-refractivity contribution in [3.05, 3.63) is 65.2 Å². The Kier molecular flexibility index (Phi) is 5.87. The van der Waals surface area contributed by atoms with Gasteiger partial charge in [-0.25, -0.2) is 5.43 Å². The van der Waals surface area contributed by atoms with Crippen LogP contribution >= 0.6 is 0 Å². The molecule has 0 spiro atoms. The van der Waals surface area contributed by atoms with Gasteiger partial charge in [-0.05, 0) is 55.0 Å².